The van der Waals surface area contributed by atoms with Gasteiger partial charge in [-0.2, -0.15) is 0 Å². The fourth-order valence-electron chi connectivity index (χ4n) is 3.00. The highest BCUT2D eigenvalue weighted by molar-refractivity contribution is 5.95. The van der Waals surface area contributed by atoms with E-state index in [1.807, 2.05) is 30.0 Å². The number of primary amides is 1. The average Bonchev–Trinajstić information content (AvgIpc) is 2.57. The van der Waals surface area contributed by atoms with Crippen LogP contribution in [0.4, 0.5) is 10.5 Å². The second-order valence-corrected chi connectivity index (χ2v) is 6.11. The third-order valence-electron chi connectivity index (χ3n) is 4.23. The maximum Gasteiger partial charge on any atom is 0.324 e. The molecule has 3 rings (SSSR count). The van der Waals surface area contributed by atoms with Crippen molar-refractivity contribution >= 4 is 17.6 Å². The van der Waals surface area contributed by atoms with Gasteiger partial charge in [0.15, 0.2) is 0 Å². The topological polar surface area (TPSA) is 66.6 Å². The third-order valence-corrected chi connectivity index (χ3v) is 4.23. The van der Waals surface area contributed by atoms with Gasteiger partial charge in [-0.25, -0.2) is 4.79 Å². The number of aryl methyl sites for hydroxylation is 1. The molecule has 1 saturated heterocycles. The van der Waals surface area contributed by atoms with Crippen molar-refractivity contribution in [3.05, 3.63) is 65.2 Å². The molecule has 2 aromatic rings. The molecular formula is C19H21N3O2. The molecule has 1 heterocycles. The lowest BCUT2D eigenvalue weighted by Crippen LogP contribution is -2.49. The SMILES string of the molecule is Cc1cccc(CN2CCCN(c3ccc(C(N)=O)cc3)C2=O)c1. The molecule has 5 nitrogen and oxygen atoms in total. The summed E-state index contributed by atoms with van der Waals surface area (Å²) in [5.74, 6) is -0.465. The molecule has 0 spiro atoms. The van der Waals surface area contributed by atoms with E-state index in [4.69, 9.17) is 5.73 Å². The number of amides is 3. The van der Waals surface area contributed by atoms with Crippen LogP contribution in [0.15, 0.2) is 48.5 Å². The number of nitrogens with two attached hydrogens (primary N) is 1. The summed E-state index contributed by atoms with van der Waals surface area (Å²) in [5.41, 5.74) is 8.82. The lowest BCUT2D eigenvalue weighted by Gasteiger charge is -2.35. The molecule has 1 aliphatic rings. The Hall–Kier alpha value is -2.82. The van der Waals surface area contributed by atoms with Gasteiger partial charge in [0.1, 0.15) is 0 Å². The van der Waals surface area contributed by atoms with Gasteiger partial charge in [-0.3, -0.25) is 9.69 Å². The molecule has 5 heteroatoms. The number of urea groups is 1. The van der Waals surface area contributed by atoms with Gasteiger partial charge in [0.05, 0.1) is 0 Å². The van der Waals surface area contributed by atoms with Crippen LogP contribution < -0.4 is 10.6 Å². The highest BCUT2D eigenvalue weighted by Gasteiger charge is 2.26. The van der Waals surface area contributed by atoms with Gasteiger partial charge in [-0.1, -0.05) is 29.8 Å². The smallest absolute Gasteiger partial charge is 0.324 e. The monoisotopic (exact) mass is 323 g/mol. The minimum Gasteiger partial charge on any atom is -0.366 e. The van der Waals surface area contributed by atoms with E-state index in [9.17, 15) is 9.59 Å². The van der Waals surface area contributed by atoms with Crippen LogP contribution in [0.25, 0.3) is 0 Å². The van der Waals surface area contributed by atoms with Crippen molar-refractivity contribution in [1.29, 1.82) is 0 Å². The molecule has 2 aromatic carbocycles. The summed E-state index contributed by atoms with van der Waals surface area (Å²) in [7, 11) is 0. The molecule has 3 amide bonds. The zero-order chi connectivity index (χ0) is 17.1. The van der Waals surface area contributed by atoms with Crippen LogP contribution in [-0.2, 0) is 6.54 Å². The van der Waals surface area contributed by atoms with E-state index in [0.717, 1.165) is 24.2 Å². The zero-order valence-corrected chi connectivity index (χ0v) is 13.7. The molecule has 1 aliphatic heterocycles. The van der Waals surface area contributed by atoms with Crippen molar-refractivity contribution < 1.29 is 9.59 Å². The first-order chi connectivity index (χ1) is 11.5. The number of carbonyl (C=O) groups excluding carboxylic acids is 2. The average molecular weight is 323 g/mol. The maximum atomic E-state index is 12.8. The van der Waals surface area contributed by atoms with Crippen molar-refractivity contribution in [2.75, 3.05) is 18.0 Å². The third kappa shape index (κ3) is 3.40. The number of benzene rings is 2. The van der Waals surface area contributed by atoms with E-state index in [0.29, 0.717) is 18.7 Å². The molecule has 0 aliphatic carbocycles. The van der Waals surface area contributed by atoms with Gasteiger partial charge in [0, 0.05) is 30.9 Å². The van der Waals surface area contributed by atoms with Crippen LogP contribution in [0, 0.1) is 6.92 Å². The van der Waals surface area contributed by atoms with Crippen LogP contribution in [0.5, 0.6) is 0 Å². The molecule has 1 fully saturated rings. The maximum absolute atomic E-state index is 12.8. The van der Waals surface area contributed by atoms with E-state index >= 15 is 0 Å². The Morgan fingerprint density at radius 2 is 1.88 bits per heavy atom. The van der Waals surface area contributed by atoms with Crippen LogP contribution in [0.1, 0.15) is 27.9 Å². The molecule has 0 aromatic heterocycles. The molecule has 0 unspecified atom stereocenters. The number of rotatable bonds is 4. The molecule has 0 radical (unpaired) electrons. The first-order valence-electron chi connectivity index (χ1n) is 8.06. The molecule has 24 heavy (non-hydrogen) atoms. The molecule has 124 valence electrons. The van der Waals surface area contributed by atoms with Gasteiger partial charge >= 0.3 is 6.03 Å². The quantitative estimate of drug-likeness (QED) is 0.940. The van der Waals surface area contributed by atoms with E-state index in [2.05, 4.69) is 6.07 Å². The predicted molar refractivity (Wildman–Crippen MR) is 93.9 cm³/mol. The summed E-state index contributed by atoms with van der Waals surface area (Å²) < 4.78 is 0. The summed E-state index contributed by atoms with van der Waals surface area (Å²) in [4.78, 5) is 27.6. The number of carbonyl (C=O) groups is 2. The number of nitrogens with zero attached hydrogens (tertiary/aromatic N) is 2. The highest BCUT2D eigenvalue weighted by atomic mass is 16.2. The van der Waals surface area contributed by atoms with E-state index < -0.39 is 5.91 Å². The lowest BCUT2D eigenvalue weighted by atomic mass is 10.1. The Morgan fingerprint density at radius 3 is 2.54 bits per heavy atom. The first-order valence-corrected chi connectivity index (χ1v) is 8.06. The summed E-state index contributed by atoms with van der Waals surface area (Å²) in [6, 6.07) is 15.1. The van der Waals surface area contributed by atoms with Crippen molar-refractivity contribution in [2.45, 2.75) is 19.9 Å². The Labute approximate surface area is 141 Å². The fourth-order valence-corrected chi connectivity index (χ4v) is 3.00. The van der Waals surface area contributed by atoms with E-state index in [1.165, 1.54) is 5.56 Å². The number of hydrogen-bond acceptors (Lipinski definition) is 2. The van der Waals surface area contributed by atoms with Gasteiger partial charge in [0.2, 0.25) is 5.91 Å². The minimum absolute atomic E-state index is 0.00502. The van der Waals surface area contributed by atoms with E-state index in [1.54, 1.807) is 29.2 Å². The largest absolute Gasteiger partial charge is 0.366 e. The van der Waals surface area contributed by atoms with Crippen LogP contribution in [-0.4, -0.2) is 29.9 Å². The van der Waals surface area contributed by atoms with E-state index in [-0.39, 0.29) is 6.03 Å². The normalized spacial score (nSPS) is 14.8. The van der Waals surface area contributed by atoms with Crippen molar-refractivity contribution in [2.24, 2.45) is 5.73 Å². The fraction of sp³-hybridized carbons (Fsp3) is 0.263. The second kappa shape index (κ2) is 6.74. The Bertz CT molecular complexity index is 755. The first kappa shape index (κ1) is 16.1. The summed E-state index contributed by atoms with van der Waals surface area (Å²) >= 11 is 0. The van der Waals surface area contributed by atoms with Crippen molar-refractivity contribution in [3.63, 3.8) is 0 Å². The Morgan fingerprint density at radius 1 is 1.12 bits per heavy atom. The van der Waals surface area contributed by atoms with Crippen LogP contribution in [0.3, 0.4) is 0 Å². The highest BCUT2D eigenvalue weighted by Crippen LogP contribution is 2.22. The minimum atomic E-state index is -0.465. The lowest BCUT2D eigenvalue weighted by molar-refractivity contribution is 0.100. The van der Waals surface area contributed by atoms with Crippen LogP contribution >= 0.6 is 0 Å². The molecule has 0 atom stereocenters. The zero-order valence-electron chi connectivity index (χ0n) is 13.7. The summed E-state index contributed by atoms with van der Waals surface area (Å²) in [6.45, 7) is 4.09. The Kier molecular flexibility index (Phi) is 4.51. The van der Waals surface area contributed by atoms with Gasteiger partial charge in [-0.05, 0) is 43.2 Å². The molecule has 0 bridgehead atoms. The Balaban J connectivity index is 1.76. The molecule has 2 N–H and O–H groups in total. The predicted octanol–water partition coefficient (Wildman–Crippen LogP) is 2.93. The summed E-state index contributed by atoms with van der Waals surface area (Å²) in [6.07, 6.45) is 0.912. The molecule has 0 saturated carbocycles. The van der Waals surface area contributed by atoms with Gasteiger partial charge in [0.25, 0.3) is 0 Å². The number of anilines is 1. The second-order valence-electron chi connectivity index (χ2n) is 6.11. The van der Waals surface area contributed by atoms with Gasteiger partial charge < -0.3 is 10.6 Å². The molecular weight excluding hydrogens is 302 g/mol. The van der Waals surface area contributed by atoms with Gasteiger partial charge in [-0.15, -0.1) is 0 Å². The van der Waals surface area contributed by atoms with Crippen molar-refractivity contribution in [3.8, 4) is 0 Å². The summed E-state index contributed by atoms with van der Waals surface area (Å²) in [5, 5.41) is 0. The number of hydrogen-bond donors (Lipinski definition) is 1. The standard InChI is InChI=1S/C19H21N3O2/c1-14-4-2-5-15(12-14)13-21-10-3-11-22(19(21)24)17-8-6-16(7-9-17)18(20)23/h2,4-9,12H,3,10-11,13H2,1H3,(H2,20,23). The van der Waals surface area contributed by atoms with Crippen LogP contribution in [0.2, 0.25) is 0 Å². The van der Waals surface area contributed by atoms with Crippen molar-refractivity contribution in [1.82, 2.24) is 4.90 Å².